The van der Waals surface area contributed by atoms with E-state index in [2.05, 4.69) is 35.1 Å². The second kappa shape index (κ2) is 6.91. The van der Waals surface area contributed by atoms with Crippen LogP contribution in [0.5, 0.6) is 0 Å². The third-order valence-electron chi connectivity index (χ3n) is 2.97. The fourth-order valence-electron chi connectivity index (χ4n) is 2.15. The lowest BCUT2D eigenvalue weighted by Gasteiger charge is -2.21. The van der Waals surface area contributed by atoms with Crippen LogP contribution in [0.3, 0.4) is 0 Å². The molecule has 0 amide bonds. The topological polar surface area (TPSA) is 38.5 Å². The van der Waals surface area contributed by atoms with Crippen LogP contribution in [0.15, 0.2) is 11.4 Å². The van der Waals surface area contributed by atoms with E-state index in [9.17, 15) is 0 Å². The van der Waals surface area contributed by atoms with E-state index in [4.69, 9.17) is 10.5 Å². The summed E-state index contributed by atoms with van der Waals surface area (Å²) in [7, 11) is 0. The van der Waals surface area contributed by atoms with Crippen LogP contribution < -0.4 is 5.73 Å². The largest absolute Gasteiger partial charge is 0.377 e. The lowest BCUT2D eigenvalue weighted by Crippen LogP contribution is -2.29. The Hall–Kier alpha value is -0.860. The van der Waals surface area contributed by atoms with E-state index in [1.807, 2.05) is 0 Å². The van der Waals surface area contributed by atoms with E-state index in [1.165, 1.54) is 4.88 Å². The van der Waals surface area contributed by atoms with Crippen molar-refractivity contribution in [3.63, 3.8) is 0 Å². The van der Waals surface area contributed by atoms with E-state index in [-0.39, 0.29) is 0 Å². The fourth-order valence-corrected chi connectivity index (χ4v) is 3.02. The molecule has 2 heterocycles. The van der Waals surface area contributed by atoms with Gasteiger partial charge in [0.15, 0.2) is 0 Å². The Morgan fingerprint density at radius 2 is 2.50 bits per heavy atom. The highest BCUT2D eigenvalue weighted by molar-refractivity contribution is 7.10. The summed E-state index contributed by atoms with van der Waals surface area (Å²) in [5.41, 5.74) is 6.55. The molecule has 18 heavy (non-hydrogen) atoms. The van der Waals surface area contributed by atoms with Gasteiger partial charge in [0, 0.05) is 36.7 Å². The molecule has 1 fully saturated rings. The van der Waals surface area contributed by atoms with Crippen molar-refractivity contribution in [2.45, 2.75) is 26.0 Å². The van der Waals surface area contributed by atoms with Gasteiger partial charge in [-0.25, -0.2) is 0 Å². The molecular formula is C14H20N2OS. The molecule has 0 aliphatic carbocycles. The van der Waals surface area contributed by atoms with Crippen molar-refractivity contribution in [3.8, 4) is 11.8 Å². The summed E-state index contributed by atoms with van der Waals surface area (Å²) in [6.45, 7) is 6.52. The molecule has 0 spiro atoms. The Kier molecular flexibility index (Phi) is 5.21. The molecule has 2 rings (SSSR count). The lowest BCUT2D eigenvalue weighted by molar-refractivity contribution is 0.0669. The molecule has 1 unspecified atom stereocenters. The zero-order valence-corrected chi connectivity index (χ0v) is 11.6. The van der Waals surface area contributed by atoms with Crippen molar-refractivity contribution in [3.05, 3.63) is 21.9 Å². The fraction of sp³-hybridized carbons (Fsp3) is 0.571. The van der Waals surface area contributed by atoms with E-state index in [1.54, 1.807) is 11.3 Å². The summed E-state index contributed by atoms with van der Waals surface area (Å²) in [5.74, 6) is 6.08. The second-order valence-electron chi connectivity index (χ2n) is 4.53. The summed E-state index contributed by atoms with van der Waals surface area (Å²) >= 11 is 1.78. The highest BCUT2D eigenvalue weighted by atomic mass is 32.1. The molecule has 0 aromatic carbocycles. The minimum absolute atomic E-state index is 0.325. The Balaban J connectivity index is 2.01. The molecule has 1 atom stereocenters. The van der Waals surface area contributed by atoms with Crippen molar-refractivity contribution in [2.75, 3.05) is 26.2 Å². The minimum Gasteiger partial charge on any atom is -0.377 e. The smallest absolute Gasteiger partial charge is 0.0674 e. The van der Waals surface area contributed by atoms with Crippen LogP contribution in [0.2, 0.25) is 0 Å². The molecule has 1 aromatic rings. The Morgan fingerprint density at radius 1 is 1.61 bits per heavy atom. The monoisotopic (exact) mass is 264 g/mol. The van der Waals surface area contributed by atoms with Crippen LogP contribution in [0.1, 0.15) is 23.8 Å². The standard InChI is InChI=1S/C14H20N2OS/c1-12-10-16(7-3-8-17-12)11-14-13(4-2-6-15)5-9-18-14/h5,9,12H,3,6-8,10-11,15H2,1H3. The van der Waals surface area contributed by atoms with Gasteiger partial charge in [0.2, 0.25) is 0 Å². The Morgan fingerprint density at radius 3 is 3.33 bits per heavy atom. The van der Waals surface area contributed by atoms with Crippen LogP contribution in [0, 0.1) is 11.8 Å². The molecule has 2 N–H and O–H groups in total. The van der Waals surface area contributed by atoms with Crippen molar-refractivity contribution in [2.24, 2.45) is 5.73 Å². The summed E-state index contributed by atoms with van der Waals surface area (Å²) in [6.07, 6.45) is 1.44. The highest BCUT2D eigenvalue weighted by Crippen LogP contribution is 2.19. The van der Waals surface area contributed by atoms with Gasteiger partial charge in [-0.2, -0.15) is 0 Å². The number of rotatable bonds is 2. The van der Waals surface area contributed by atoms with E-state index < -0.39 is 0 Å². The first kappa shape index (κ1) is 13.6. The number of nitrogens with zero attached hydrogens (tertiary/aromatic N) is 1. The van der Waals surface area contributed by atoms with Gasteiger partial charge in [0.05, 0.1) is 12.6 Å². The van der Waals surface area contributed by atoms with Crippen molar-refractivity contribution in [1.29, 1.82) is 0 Å². The maximum atomic E-state index is 5.66. The van der Waals surface area contributed by atoms with Gasteiger partial charge < -0.3 is 10.5 Å². The first-order valence-corrected chi connectivity index (χ1v) is 7.27. The molecule has 0 radical (unpaired) electrons. The van der Waals surface area contributed by atoms with Gasteiger partial charge in [-0.15, -0.1) is 11.3 Å². The van der Waals surface area contributed by atoms with E-state index in [0.29, 0.717) is 12.6 Å². The highest BCUT2D eigenvalue weighted by Gasteiger charge is 2.16. The van der Waals surface area contributed by atoms with Crippen molar-refractivity contribution < 1.29 is 4.74 Å². The van der Waals surface area contributed by atoms with Gasteiger partial charge in [-0.3, -0.25) is 4.90 Å². The SMILES string of the molecule is CC1CN(Cc2sccc2C#CCN)CCCO1. The van der Waals surface area contributed by atoms with Crippen molar-refractivity contribution >= 4 is 11.3 Å². The van der Waals surface area contributed by atoms with Gasteiger partial charge >= 0.3 is 0 Å². The first-order chi connectivity index (χ1) is 8.79. The van der Waals surface area contributed by atoms with Crippen molar-refractivity contribution in [1.82, 2.24) is 4.90 Å². The number of hydrogen-bond donors (Lipinski definition) is 1. The number of thiophene rings is 1. The predicted molar refractivity (Wildman–Crippen MR) is 75.6 cm³/mol. The first-order valence-electron chi connectivity index (χ1n) is 6.39. The molecule has 3 nitrogen and oxygen atoms in total. The molecule has 98 valence electrons. The normalized spacial score (nSPS) is 21.1. The molecule has 0 saturated carbocycles. The number of nitrogens with two attached hydrogens (primary N) is 1. The molecule has 1 aromatic heterocycles. The molecule has 0 bridgehead atoms. The third kappa shape index (κ3) is 3.82. The van der Waals surface area contributed by atoms with E-state index in [0.717, 1.165) is 38.2 Å². The van der Waals surface area contributed by atoms with Gasteiger partial charge in [0.1, 0.15) is 0 Å². The molecule has 4 heteroatoms. The maximum absolute atomic E-state index is 5.66. The molecular weight excluding hydrogens is 244 g/mol. The Bertz CT molecular complexity index is 432. The molecule has 1 aliphatic rings. The van der Waals surface area contributed by atoms with Crippen LogP contribution >= 0.6 is 11.3 Å². The van der Waals surface area contributed by atoms with Crippen LogP contribution in [0.4, 0.5) is 0 Å². The summed E-state index contributed by atoms with van der Waals surface area (Å²) < 4.78 is 5.66. The third-order valence-corrected chi connectivity index (χ3v) is 3.88. The molecule has 1 aliphatic heterocycles. The van der Waals surface area contributed by atoms with Crippen LogP contribution in [-0.2, 0) is 11.3 Å². The van der Waals surface area contributed by atoms with Gasteiger partial charge in [0.25, 0.3) is 0 Å². The average molecular weight is 264 g/mol. The molecule has 1 saturated heterocycles. The van der Waals surface area contributed by atoms with Gasteiger partial charge in [-0.1, -0.05) is 11.8 Å². The zero-order valence-electron chi connectivity index (χ0n) is 10.8. The minimum atomic E-state index is 0.325. The number of ether oxygens (including phenoxy) is 1. The predicted octanol–water partition coefficient (Wildman–Crippen LogP) is 1.67. The van der Waals surface area contributed by atoms with E-state index >= 15 is 0 Å². The Labute approximate surface area is 113 Å². The van der Waals surface area contributed by atoms with Crippen LogP contribution in [-0.4, -0.2) is 37.2 Å². The van der Waals surface area contributed by atoms with Gasteiger partial charge in [-0.05, 0) is 24.8 Å². The summed E-state index contributed by atoms with van der Waals surface area (Å²) in [4.78, 5) is 3.79. The lowest BCUT2D eigenvalue weighted by atomic mass is 10.2. The zero-order chi connectivity index (χ0) is 12.8. The maximum Gasteiger partial charge on any atom is 0.0674 e. The summed E-state index contributed by atoms with van der Waals surface area (Å²) in [6, 6.07) is 2.08. The van der Waals surface area contributed by atoms with Crippen LogP contribution in [0.25, 0.3) is 0 Å². The number of hydrogen-bond acceptors (Lipinski definition) is 4. The summed E-state index contributed by atoms with van der Waals surface area (Å²) in [5, 5.41) is 2.10. The quantitative estimate of drug-likeness (QED) is 0.826. The second-order valence-corrected chi connectivity index (χ2v) is 5.53. The average Bonchev–Trinajstić information content (AvgIpc) is 2.68.